The molecule has 0 amide bonds. The van der Waals surface area contributed by atoms with Gasteiger partial charge in [-0.1, -0.05) is 208 Å². The molecule has 0 aliphatic rings. The van der Waals surface area contributed by atoms with E-state index in [-0.39, 0.29) is 48.5 Å². The van der Waals surface area contributed by atoms with Crippen molar-refractivity contribution in [3.05, 3.63) is 174 Å². The minimum Gasteiger partial charge on any atom is -0.507 e. The maximum absolute atomic E-state index is 12.6. The standard InChI is InChI=1S/C64H63N4O2.Pt/c1-61(2,3)37-39-25-27-41(28-26-39)55-36-52-59(70-55)56(66-38-65-52)43-31-42-21-16-17-22-46(42)49(32-43)47-23-18-24-54-57(47)67-60(50-34-45(63(7,8)9)35-51(58(50)69)64(10,11)12)68(54)53-30-29-44(62(4,5)6)33-48(53)40-19-14-13-15-20-40;/h13-31,33-36,38,69H,37H2,1-12H3;/q-1;. The second-order valence-electron chi connectivity index (χ2n) is 23.3. The zero-order valence-electron chi connectivity index (χ0n) is 43.0. The number of aromatic hydroxyl groups is 1. The van der Waals surface area contributed by atoms with E-state index < -0.39 is 0 Å². The van der Waals surface area contributed by atoms with Crippen LogP contribution in [0.4, 0.5) is 0 Å². The van der Waals surface area contributed by atoms with E-state index in [0.29, 0.717) is 22.7 Å². The third kappa shape index (κ3) is 9.52. The van der Waals surface area contributed by atoms with Crippen molar-refractivity contribution in [2.45, 2.75) is 106 Å². The van der Waals surface area contributed by atoms with Crippen molar-refractivity contribution >= 4 is 32.9 Å². The smallest absolute Gasteiger partial charge is 0.148 e. The van der Waals surface area contributed by atoms with Crippen LogP contribution in [-0.4, -0.2) is 24.6 Å². The van der Waals surface area contributed by atoms with Crippen LogP contribution in [0.25, 0.3) is 94.8 Å². The maximum atomic E-state index is 12.6. The summed E-state index contributed by atoms with van der Waals surface area (Å²) in [6, 6.07) is 53.2. The topological polar surface area (TPSA) is 77.0 Å². The Labute approximate surface area is 433 Å². The number of aromatic nitrogens is 4. The SMILES string of the molecule is CC(C)(C)Cc1ccc(-c2cc3ncnc(-c4[c-]c(-c5cccc6c5nc(-c5cc(C(C)(C)C)cc(C(C)(C)C)c5O)n6-c5ccc(C(C)(C)C)cc5-c5ccccc5)c5ccccc5c4)c3o2)cc1.[Pt]. The molecule has 6 nitrogen and oxygen atoms in total. The minimum atomic E-state index is -0.349. The van der Waals surface area contributed by atoms with Crippen molar-refractivity contribution in [3.8, 4) is 67.7 Å². The molecule has 71 heavy (non-hydrogen) atoms. The predicted molar refractivity (Wildman–Crippen MR) is 291 cm³/mol. The molecule has 3 heterocycles. The molecule has 0 atom stereocenters. The number of fused-ring (bicyclic) bond motifs is 3. The largest absolute Gasteiger partial charge is 0.507 e. The first kappa shape index (κ1) is 49.4. The molecule has 0 aliphatic carbocycles. The molecule has 7 heteroatoms. The summed E-state index contributed by atoms with van der Waals surface area (Å²) in [6.45, 7) is 26.7. The van der Waals surface area contributed by atoms with Crippen LogP contribution < -0.4 is 0 Å². The Morgan fingerprint density at radius 2 is 1.30 bits per heavy atom. The normalized spacial score (nSPS) is 12.5. The molecule has 0 saturated carbocycles. The van der Waals surface area contributed by atoms with Crippen molar-refractivity contribution in [3.63, 3.8) is 0 Å². The van der Waals surface area contributed by atoms with Crippen molar-refractivity contribution < 1.29 is 30.6 Å². The van der Waals surface area contributed by atoms with E-state index >= 15 is 0 Å². The van der Waals surface area contributed by atoms with E-state index in [9.17, 15) is 5.11 Å². The van der Waals surface area contributed by atoms with Crippen LogP contribution in [0.2, 0.25) is 0 Å². The van der Waals surface area contributed by atoms with Crippen molar-refractivity contribution in [1.82, 2.24) is 19.5 Å². The van der Waals surface area contributed by atoms with Gasteiger partial charge in [-0.25, -0.2) is 9.97 Å². The van der Waals surface area contributed by atoms with Crippen molar-refractivity contribution in [2.24, 2.45) is 5.41 Å². The van der Waals surface area contributed by atoms with Gasteiger partial charge < -0.3 is 9.52 Å². The van der Waals surface area contributed by atoms with Crippen LogP contribution in [0.5, 0.6) is 5.75 Å². The number of imidazole rings is 1. The summed E-state index contributed by atoms with van der Waals surface area (Å²) in [7, 11) is 0. The summed E-state index contributed by atoms with van der Waals surface area (Å²) >= 11 is 0. The zero-order chi connectivity index (χ0) is 49.5. The average Bonchev–Trinajstić information content (AvgIpc) is 3.93. The van der Waals surface area contributed by atoms with Gasteiger partial charge in [0.05, 0.1) is 28.0 Å². The number of nitrogens with zero attached hydrogens (tertiary/aromatic N) is 4. The molecule has 7 aromatic carbocycles. The van der Waals surface area contributed by atoms with Gasteiger partial charge in [-0.3, -0.25) is 9.55 Å². The van der Waals surface area contributed by atoms with Crippen LogP contribution in [-0.2, 0) is 43.7 Å². The summed E-state index contributed by atoms with van der Waals surface area (Å²) in [5.74, 6) is 1.63. The number of hydrogen-bond donors (Lipinski definition) is 1. The number of para-hydroxylation sites is 1. The molecule has 0 unspecified atom stereocenters. The quantitative estimate of drug-likeness (QED) is 0.161. The summed E-state index contributed by atoms with van der Waals surface area (Å²) in [5.41, 5.74) is 15.1. The minimum absolute atomic E-state index is 0. The maximum Gasteiger partial charge on any atom is 0.148 e. The Bertz CT molecular complexity index is 3610. The summed E-state index contributed by atoms with van der Waals surface area (Å²) in [4.78, 5) is 15.3. The van der Waals surface area contributed by atoms with Gasteiger partial charge in [-0.15, -0.1) is 17.7 Å². The molecule has 0 bridgehead atoms. The predicted octanol–water partition coefficient (Wildman–Crippen LogP) is 17.0. The fourth-order valence-corrected chi connectivity index (χ4v) is 9.75. The molecule has 10 aromatic rings. The summed E-state index contributed by atoms with van der Waals surface area (Å²) in [6.07, 6.45) is 2.60. The van der Waals surface area contributed by atoms with Crippen LogP contribution in [0.1, 0.15) is 105 Å². The first-order valence-corrected chi connectivity index (χ1v) is 24.5. The molecule has 0 fully saturated rings. The number of benzene rings is 7. The van der Waals surface area contributed by atoms with Gasteiger partial charge in [-0.05, 0) is 74.6 Å². The Morgan fingerprint density at radius 3 is 1.99 bits per heavy atom. The number of furan rings is 1. The zero-order valence-corrected chi connectivity index (χ0v) is 45.3. The van der Waals surface area contributed by atoms with E-state index in [2.05, 4.69) is 232 Å². The molecule has 362 valence electrons. The molecule has 3 aromatic heterocycles. The van der Waals surface area contributed by atoms with Crippen molar-refractivity contribution in [2.75, 3.05) is 0 Å². The molecule has 0 saturated heterocycles. The second-order valence-corrected chi connectivity index (χ2v) is 23.3. The third-order valence-corrected chi connectivity index (χ3v) is 13.5. The van der Waals surface area contributed by atoms with E-state index in [1.807, 2.05) is 6.07 Å². The van der Waals surface area contributed by atoms with Gasteiger partial charge in [0.15, 0.2) is 0 Å². The van der Waals surface area contributed by atoms with Gasteiger partial charge in [0.1, 0.15) is 34.8 Å². The first-order chi connectivity index (χ1) is 33.1. The molecule has 0 radical (unpaired) electrons. The van der Waals surface area contributed by atoms with Gasteiger partial charge >= 0.3 is 0 Å². The summed E-state index contributed by atoms with van der Waals surface area (Å²) < 4.78 is 8.96. The van der Waals surface area contributed by atoms with Crippen LogP contribution in [0, 0.1) is 11.5 Å². The van der Waals surface area contributed by atoms with E-state index in [0.717, 1.165) is 89.7 Å². The average molecular weight is 1120 g/mol. The number of hydrogen-bond acceptors (Lipinski definition) is 5. The van der Waals surface area contributed by atoms with Gasteiger partial charge in [0.2, 0.25) is 0 Å². The van der Waals surface area contributed by atoms with E-state index in [1.54, 1.807) is 6.33 Å². The Morgan fingerprint density at radius 1 is 0.606 bits per heavy atom. The second kappa shape index (κ2) is 18.2. The van der Waals surface area contributed by atoms with Gasteiger partial charge in [0.25, 0.3) is 0 Å². The fourth-order valence-electron chi connectivity index (χ4n) is 9.75. The third-order valence-electron chi connectivity index (χ3n) is 13.5. The van der Waals surface area contributed by atoms with Crippen LogP contribution in [0.3, 0.4) is 0 Å². The summed E-state index contributed by atoms with van der Waals surface area (Å²) in [5, 5.41) is 14.7. The molecule has 10 rings (SSSR count). The Hall–Kier alpha value is -6.62. The van der Waals surface area contributed by atoms with Gasteiger partial charge in [-0.2, -0.15) is 0 Å². The molecular weight excluding hydrogens is 1050 g/mol. The monoisotopic (exact) mass is 1110 g/mol. The molecular formula is C64H63N4O2Pt-. The van der Waals surface area contributed by atoms with Crippen LogP contribution in [0.15, 0.2) is 150 Å². The van der Waals surface area contributed by atoms with E-state index in [1.165, 1.54) is 11.1 Å². The Kier molecular flexibility index (Phi) is 12.7. The molecule has 0 spiro atoms. The van der Waals surface area contributed by atoms with Crippen LogP contribution >= 0.6 is 0 Å². The number of phenolic OH excluding ortho intramolecular Hbond substituents is 1. The van der Waals surface area contributed by atoms with Gasteiger partial charge in [0, 0.05) is 43.8 Å². The number of rotatable bonds is 7. The number of phenols is 1. The Balaban J connectivity index is 0.00000624. The fraction of sp³-hybridized carbons (Fsp3) is 0.266. The molecule has 0 aliphatic heterocycles. The van der Waals surface area contributed by atoms with E-state index in [4.69, 9.17) is 14.4 Å². The first-order valence-electron chi connectivity index (χ1n) is 24.5. The van der Waals surface area contributed by atoms with Crippen molar-refractivity contribution in [1.29, 1.82) is 0 Å². The molecule has 1 N–H and O–H groups in total.